The minimum atomic E-state index is 0.343. The minimum Gasteiger partial charge on any atom is -0.172 e. The van der Waals surface area contributed by atoms with Gasteiger partial charge >= 0.3 is 0 Å². The zero-order valence-electron chi connectivity index (χ0n) is 3.31. The van der Waals surface area contributed by atoms with Crippen molar-refractivity contribution in [2.45, 2.75) is 12.2 Å². The van der Waals surface area contributed by atoms with E-state index in [0.717, 1.165) is 0 Å². The molecule has 0 nitrogen and oxygen atoms in total. The van der Waals surface area contributed by atoms with Crippen LogP contribution in [-0.4, -0.2) is 5.25 Å². The molecule has 0 spiro atoms. The quantitative estimate of drug-likeness (QED) is 0.364. The Morgan fingerprint density at radius 3 is 2.20 bits per heavy atom. The summed E-state index contributed by atoms with van der Waals surface area (Å²) in [5.74, 6) is 0. The molecule has 0 aliphatic rings. The lowest BCUT2D eigenvalue weighted by Gasteiger charge is -1.83. The molecule has 0 aliphatic heterocycles. The second kappa shape index (κ2) is 2.33. The standard InChI is InChI=1S/C4H8S/c1-3-4(2)5/h3-5H,1H2,2H3. The van der Waals surface area contributed by atoms with Crippen LogP contribution in [0.25, 0.3) is 0 Å². The Labute approximate surface area is 38.3 Å². The van der Waals surface area contributed by atoms with E-state index >= 15 is 0 Å². The van der Waals surface area contributed by atoms with Gasteiger partial charge in [-0.3, -0.25) is 0 Å². The van der Waals surface area contributed by atoms with E-state index in [9.17, 15) is 0 Å². The highest BCUT2D eigenvalue weighted by Crippen LogP contribution is 1.88. The summed E-state index contributed by atoms with van der Waals surface area (Å²) in [6.45, 7) is 5.45. The van der Waals surface area contributed by atoms with E-state index in [1.54, 1.807) is 6.08 Å². The Morgan fingerprint density at radius 1 is 2.00 bits per heavy atom. The number of hydrogen-bond donors (Lipinski definition) is 1. The van der Waals surface area contributed by atoms with Crippen LogP contribution in [0.3, 0.4) is 0 Å². The van der Waals surface area contributed by atoms with Crippen molar-refractivity contribution in [2.75, 3.05) is 0 Å². The molecule has 0 aromatic rings. The largest absolute Gasteiger partial charge is 0.172 e. The van der Waals surface area contributed by atoms with Gasteiger partial charge in [-0.15, -0.1) is 6.58 Å². The molecule has 0 fully saturated rings. The number of hydrogen-bond acceptors (Lipinski definition) is 1. The molecule has 0 radical (unpaired) electrons. The third-order valence-electron chi connectivity index (χ3n) is 0.341. The lowest BCUT2D eigenvalue weighted by atomic mass is 10.5. The Kier molecular flexibility index (Phi) is 2.38. The van der Waals surface area contributed by atoms with Crippen molar-refractivity contribution in [3.8, 4) is 0 Å². The second-order valence-electron chi connectivity index (χ2n) is 0.976. The van der Waals surface area contributed by atoms with Crippen LogP contribution in [0.4, 0.5) is 0 Å². The summed E-state index contributed by atoms with van der Waals surface area (Å²) in [6, 6.07) is 0. The van der Waals surface area contributed by atoms with Gasteiger partial charge in [0.15, 0.2) is 0 Å². The normalized spacial score (nSPS) is 14.0. The molecule has 0 N–H and O–H groups in total. The minimum absolute atomic E-state index is 0.343. The van der Waals surface area contributed by atoms with E-state index in [1.165, 1.54) is 0 Å². The molecule has 0 aliphatic carbocycles. The fourth-order valence-electron chi connectivity index (χ4n) is 0. The molecule has 5 heavy (non-hydrogen) atoms. The predicted molar refractivity (Wildman–Crippen MR) is 28.6 cm³/mol. The fraction of sp³-hybridized carbons (Fsp3) is 0.500. The zero-order chi connectivity index (χ0) is 4.28. The van der Waals surface area contributed by atoms with Crippen molar-refractivity contribution in [2.24, 2.45) is 0 Å². The van der Waals surface area contributed by atoms with Gasteiger partial charge in [-0.1, -0.05) is 13.0 Å². The van der Waals surface area contributed by atoms with E-state index in [-0.39, 0.29) is 0 Å². The van der Waals surface area contributed by atoms with Crippen LogP contribution in [0.1, 0.15) is 6.92 Å². The molecule has 0 rings (SSSR count). The Bertz CT molecular complexity index is 30.6. The van der Waals surface area contributed by atoms with Crippen LogP contribution in [0, 0.1) is 0 Å². The predicted octanol–water partition coefficient (Wildman–Crippen LogP) is 1.49. The smallest absolute Gasteiger partial charge is 0.0165 e. The van der Waals surface area contributed by atoms with Crippen LogP contribution in [0.15, 0.2) is 12.7 Å². The van der Waals surface area contributed by atoms with Crippen molar-refractivity contribution in [1.82, 2.24) is 0 Å². The molecule has 1 unspecified atom stereocenters. The molecule has 0 heterocycles. The second-order valence-corrected chi connectivity index (χ2v) is 1.79. The van der Waals surface area contributed by atoms with Crippen LogP contribution in [0.2, 0.25) is 0 Å². The van der Waals surface area contributed by atoms with Crippen molar-refractivity contribution in [1.29, 1.82) is 0 Å². The molecule has 0 bridgehead atoms. The van der Waals surface area contributed by atoms with Gasteiger partial charge in [-0.2, -0.15) is 12.6 Å². The molecule has 0 saturated carbocycles. The van der Waals surface area contributed by atoms with E-state index < -0.39 is 0 Å². The van der Waals surface area contributed by atoms with Gasteiger partial charge in [0.25, 0.3) is 0 Å². The summed E-state index contributed by atoms with van der Waals surface area (Å²) in [4.78, 5) is 0. The van der Waals surface area contributed by atoms with Gasteiger partial charge in [0.05, 0.1) is 0 Å². The Hall–Kier alpha value is 0.0900. The molecular formula is C4H8S. The maximum atomic E-state index is 3.98. The third kappa shape index (κ3) is 4.09. The topological polar surface area (TPSA) is 0 Å². The summed E-state index contributed by atoms with van der Waals surface area (Å²) in [7, 11) is 0. The molecule has 0 aromatic carbocycles. The number of rotatable bonds is 1. The molecule has 0 amide bonds. The van der Waals surface area contributed by atoms with Crippen molar-refractivity contribution >= 4 is 12.6 Å². The summed E-state index contributed by atoms with van der Waals surface area (Å²) in [5, 5.41) is 0.343. The van der Waals surface area contributed by atoms with Crippen LogP contribution in [-0.2, 0) is 0 Å². The van der Waals surface area contributed by atoms with E-state index in [1.807, 2.05) is 6.92 Å². The molecule has 0 aromatic heterocycles. The van der Waals surface area contributed by atoms with Crippen molar-refractivity contribution in [3.05, 3.63) is 12.7 Å². The van der Waals surface area contributed by atoms with Crippen LogP contribution >= 0.6 is 12.6 Å². The van der Waals surface area contributed by atoms with Gasteiger partial charge in [-0.25, -0.2) is 0 Å². The first kappa shape index (κ1) is 5.09. The highest BCUT2D eigenvalue weighted by atomic mass is 32.1. The SMILES string of the molecule is C=CC(C)S. The Balaban J connectivity index is 2.83. The van der Waals surface area contributed by atoms with Gasteiger partial charge in [0, 0.05) is 5.25 Å². The van der Waals surface area contributed by atoms with Crippen LogP contribution in [0.5, 0.6) is 0 Å². The van der Waals surface area contributed by atoms with E-state index in [2.05, 4.69) is 19.2 Å². The molecule has 30 valence electrons. The van der Waals surface area contributed by atoms with Gasteiger partial charge in [0.1, 0.15) is 0 Å². The van der Waals surface area contributed by atoms with Gasteiger partial charge in [-0.05, 0) is 0 Å². The number of thiol groups is 1. The first-order valence-electron chi connectivity index (χ1n) is 1.58. The first-order valence-corrected chi connectivity index (χ1v) is 2.09. The summed E-state index contributed by atoms with van der Waals surface area (Å²) in [6.07, 6.45) is 1.78. The average molecular weight is 88.2 g/mol. The molecule has 0 saturated heterocycles. The summed E-state index contributed by atoms with van der Waals surface area (Å²) in [5.41, 5.74) is 0. The van der Waals surface area contributed by atoms with Crippen molar-refractivity contribution in [3.63, 3.8) is 0 Å². The van der Waals surface area contributed by atoms with Crippen LogP contribution < -0.4 is 0 Å². The molecular weight excluding hydrogens is 80.1 g/mol. The average Bonchev–Trinajstić information content (AvgIpc) is 1.38. The zero-order valence-corrected chi connectivity index (χ0v) is 4.20. The highest BCUT2D eigenvalue weighted by molar-refractivity contribution is 7.81. The summed E-state index contributed by atoms with van der Waals surface area (Å²) < 4.78 is 0. The maximum Gasteiger partial charge on any atom is 0.0165 e. The lowest BCUT2D eigenvalue weighted by molar-refractivity contribution is 1.27. The first-order chi connectivity index (χ1) is 2.27. The fourth-order valence-corrected chi connectivity index (χ4v) is 0. The monoisotopic (exact) mass is 88.0 g/mol. The summed E-state index contributed by atoms with van der Waals surface area (Å²) >= 11 is 3.98. The van der Waals surface area contributed by atoms with E-state index in [0.29, 0.717) is 5.25 Å². The van der Waals surface area contributed by atoms with Crippen molar-refractivity contribution < 1.29 is 0 Å². The molecule has 1 heteroatoms. The molecule has 1 atom stereocenters. The maximum absolute atomic E-state index is 3.98. The lowest BCUT2D eigenvalue weighted by Crippen LogP contribution is -1.75. The Morgan fingerprint density at radius 2 is 2.20 bits per heavy atom. The van der Waals surface area contributed by atoms with Gasteiger partial charge in [0.2, 0.25) is 0 Å². The van der Waals surface area contributed by atoms with E-state index in [4.69, 9.17) is 0 Å². The third-order valence-corrected chi connectivity index (χ3v) is 0.552. The highest BCUT2D eigenvalue weighted by Gasteiger charge is 1.74. The van der Waals surface area contributed by atoms with Gasteiger partial charge < -0.3 is 0 Å².